The number of hydrogen-bond acceptors (Lipinski definition) is 4. The van der Waals surface area contributed by atoms with Crippen molar-refractivity contribution in [2.24, 2.45) is 0 Å². The summed E-state index contributed by atoms with van der Waals surface area (Å²) in [6.45, 7) is 6.77. The van der Waals surface area contributed by atoms with Gasteiger partial charge in [0.1, 0.15) is 6.04 Å². The average Bonchev–Trinajstić information content (AvgIpc) is 2.94. The molecule has 2 amide bonds. The molecule has 0 spiro atoms. The highest BCUT2D eigenvalue weighted by atomic mass is 79.9. The first-order chi connectivity index (χ1) is 19.5. The molecule has 0 aliphatic heterocycles. The number of anilines is 1. The Bertz CT molecular complexity index is 1410. The van der Waals surface area contributed by atoms with E-state index in [1.54, 1.807) is 11.0 Å². The highest BCUT2D eigenvalue weighted by Gasteiger charge is 2.30. The molecule has 1 N–H and O–H groups in total. The van der Waals surface area contributed by atoms with E-state index in [1.807, 2.05) is 87.5 Å². The number of aryl methyl sites for hydroxylation is 1. The summed E-state index contributed by atoms with van der Waals surface area (Å²) in [4.78, 5) is 29.0. The van der Waals surface area contributed by atoms with Crippen molar-refractivity contribution in [1.29, 1.82) is 0 Å². The quantitative estimate of drug-likeness (QED) is 0.242. The van der Waals surface area contributed by atoms with Crippen molar-refractivity contribution in [3.63, 3.8) is 0 Å². The van der Waals surface area contributed by atoms with Crippen molar-refractivity contribution in [2.45, 2.75) is 59.0 Å². The third kappa shape index (κ3) is 9.43. The fourth-order valence-electron chi connectivity index (χ4n) is 4.69. The molecule has 3 aromatic rings. The summed E-state index contributed by atoms with van der Waals surface area (Å²) < 4.78 is 27.8. The van der Waals surface area contributed by atoms with Gasteiger partial charge in [-0.15, -0.1) is 0 Å². The summed E-state index contributed by atoms with van der Waals surface area (Å²) in [5.41, 5.74) is 4.35. The SMILES string of the molecule is CCCNC(=O)[C@@H](Cc1ccccc1)N(Cc1ccc(Br)cc1)C(=O)CCCN(c1cccc(C)c1C)S(C)(=O)=O. The second kappa shape index (κ2) is 15.2. The zero-order chi connectivity index (χ0) is 30.0. The number of rotatable bonds is 14. The highest BCUT2D eigenvalue weighted by Crippen LogP contribution is 2.26. The molecule has 0 heterocycles. The lowest BCUT2D eigenvalue weighted by Gasteiger charge is -2.32. The van der Waals surface area contributed by atoms with Gasteiger partial charge in [-0.05, 0) is 67.1 Å². The number of benzene rings is 3. The molecule has 0 saturated heterocycles. The standard InChI is InChI=1S/C32H40BrN3O4S/c1-5-20-34-32(38)30(22-26-12-7-6-8-13-26)35(23-27-16-18-28(33)19-17-27)31(37)15-10-21-36(41(4,39)40)29-14-9-11-24(2)25(29)3/h6-9,11-14,16-19,30H,5,10,15,20-23H2,1-4H3,(H,34,38)/t30-/m1/s1. The fourth-order valence-corrected chi connectivity index (χ4v) is 5.97. The van der Waals surface area contributed by atoms with Gasteiger partial charge in [0.15, 0.2) is 0 Å². The van der Waals surface area contributed by atoms with Crippen LogP contribution < -0.4 is 9.62 Å². The molecular weight excluding hydrogens is 602 g/mol. The van der Waals surface area contributed by atoms with E-state index in [1.165, 1.54) is 10.6 Å². The van der Waals surface area contributed by atoms with Crippen molar-refractivity contribution in [2.75, 3.05) is 23.7 Å². The summed E-state index contributed by atoms with van der Waals surface area (Å²) in [7, 11) is -3.57. The molecule has 0 bridgehead atoms. The number of nitrogens with one attached hydrogen (secondary N) is 1. The van der Waals surface area contributed by atoms with Crippen LogP contribution in [0.25, 0.3) is 0 Å². The number of halogens is 1. The van der Waals surface area contributed by atoms with Crippen LogP contribution >= 0.6 is 15.9 Å². The lowest BCUT2D eigenvalue weighted by Crippen LogP contribution is -2.50. The van der Waals surface area contributed by atoms with Gasteiger partial charge in [-0.2, -0.15) is 0 Å². The Hall–Kier alpha value is -3.17. The van der Waals surface area contributed by atoms with Crippen molar-refractivity contribution < 1.29 is 18.0 Å². The molecule has 0 aliphatic rings. The Morgan fingerprint density at radius 3 is 2.24 bits per heavy atom. The molecule has 41 heavy (non-hydrogen) atoms. The summed E-state index contributed by atoms with van der Waals surface area (Å²) in [5, 5.41) is 2.98. The first-order valence-corrected chi connectivity index (χ1v) is 16.5. The highest BCUT2D eigenvalue weighted by molar-refractivity contribution is 9.10. The molecule has 3 rings (SSSR count). The van der Waals surface area contributed by atoms with Crippen LogP contribution in [0.15, 0.2) is 77.3 Å². The van der Waals surface area contributed by atoms with Gasteiger partial charge in [-0.25, -0.2) is 8.42 Å². The minimum atomic E-state index is -3.57. The number of carbonyl (C=O) groups is 2. The van der Waals surface area contributed by atoms with E-state index in [-0.39, 0.29) is 31.3 Å². The zero-order valence-corrected chi connectivity index (χ0v) is 26.7. The lowest BCUT2D eigenvalue weighted by molar-refractivity contribution is -0.141. The van der Waals surface area contributed by atoms with Crippen LogP contribution in [-0.2, 0) is 32.6 Å². The van der Waals surface area contributed by atoms with Crippen LogP contribution in [0.1, 0.15) is 48.4 Å². The van der Waals surface area contributed by atoms with Crippen molar-refractivity contribution >= 4 is 43.5 Å². The van der Waals surface area contributed by atoms with E-state index in [9.17, 15) is 18.0 Å². The monoisotopic (exact) mass is 641 g/mol. The minimum Gasteiger partial charge on any atom is -0.354 e. The molecular formula is C32H40BrN3O4S. The van der Waals surface area contributed by atoms with Gasteiger partial charge >= 0.3 is 0 Å². The maximum atomic E-state index is 13.9. The second-order valence-corrected chi connectivity index (χ2v) is 13.1. The van der Waals surface area contributed by atoms with Crippen molar-refractivity contribution in [1.82, 2.24) is 10.2 Å². The van der Waals surface area contributed by atoms with E-state index in [0.29, 0.717) is 25.1 Å². The van der Waals surface area contributed by atoms with E-state index >= 15 is 0 Å². The smallest absolute Gasteiger partial charge is 0.243 e. The minimum absolute atomic E-state index is 0.0970. The normalized spacial score (nSPS) is 12.0. The lowest BCUT2D eigenvalue weighted by atomic mass is 10.0. The van der Waals surface area contributed by atoms with Gasteiger partial charge in [-0.3, -0.25) is 13.9 Å². The van der Waals surface area contributed by atoms with Crippen molar-refractivity contribution in [3.05, 3.63) is 99.5 Å². The molecule has 220 valence electrons. The Balaban J connectivity index is 1.88. The Morgan fingerprint density at radius 1 is 0.927 bits per heavy atom. The van der Waals surface area contributed by atoms with Gasteiger partial charge < -0.3 is 10.2 Å². The Morgan fingerprint density at radius 2 is 1.61 bits per heavy atom. The first-order valence-electron chi connectivity index (χ1n) is 13.9. The Labute approximate surface area is 253 Å². The third-order valence-electron chi connectivity index (χ3n) is 7.08. The summed E-state index contributed by atoms with van der Waals surface area (Å²) in [5.74, 6) is -0.399. The fraction of sp³-hybridized carbons (Fsp3) is 0.375. The number of carbonyl (C=O) groups excluding carboxylic acids is 2. The zero-order valence-electron chi connectivity index (χ0n) is 24.3. The van der Waals surface area contributed by atoms with Gasteiger partial charge in [0, 0.05) is 36.9 Å². The molecule has 0 radical (unpaired) electrons. The topological polar surface area (TPSA) is 86.8 Å². The largest absolute Gasteiger partial charge is 0.354 e. The van der Waals surface area contributed by atoms with Crippen LogP contribution in [0, 0.1) is 13.8 Å². The molecule has 1 atom stereocenters. The Kier molecular flexibility index (Phi) is 12.0. The van der Waals surface area contributed by atoms with E-state index in [2.05, 4.69) is 21.2 Å². The number of amides is 2. The second-order valence-electron chi connectivity index (χ2n) is 10.3. The molecule has 0 unspecified atom stereocenters. The van der Waals surface area contributed by atoms with Crippen LogP contribution in [0.2, 0.25) is 0 Å². The predicted octanol–water partition coefficient (Wildman–Crippen LogP) is 5.78. The predicted molar refractivity (Wildman–Crippen MR) is 169 cm³/mol. The van der Waals surface area contributed by atoms with Gasteiger partial charge in [-0.1, -0.05) is 77.5 Å². The maximum Gasteiger partial charge on any atom is 0.243 e. The molecule has 0 fully saturated rings. The number of sulfonamides is 1. The first kappa shape index (κ1) is 32.3. The average molecular weight is 643 g/mol. The maximum absolute atomic E-state index is 13.9. The molecule has 7 nitrogen and oxygen atoms in total. The molecule has 0 aromatic heterocycles. The van der Waals surface area contributed by atoms with Crippen molar-refractivity contribution in [3.8, 4) is 0 Å². The number of nitrogens with zero attached hydrogens (tertiary/aromatic N) is 2. The van der Waals surface area contributed by atoms with Crippen LogP contribution in [-0.4, -0.2) is 50.5 Å². The molecule has 0 aliphatic carbocycles. The van der Waals surface area contributed by atoms with Gasteiger partial charge in [0.2, 0.25) is 21.8 Å². The van der Waals surface area contributed by atoms with E-state index in [4.69, 9.17) is 0 Å². The van der Waals surface area contributed by atoms with Crippen LogP contribution in [0.5, 0.6) is 0 Å². The van der Waals surface area contributed by atoms with E-state index < -0.39 is 16.1 Å². The molecule has 3 aromatic carbocycles. The van der Waals surface area contributed by atoms with Gasteiger partial charge in [0.25, 0.3) is 0 Å². The van der Waals surface area contributed by atoms with Gasteiger partial charge in [0.05, 0.1) is 11.9 Å². The van der Waals surface area contributed by atoms with Crippen LogP contribution in [0.4, 0.5) is 5.69 Å². The molecule has 9 heteroatoms. The third-order valence-corrected chi connectivity index (χ3v) is 8.79. The summed E-state index contributed by atoms with van der Waals surface area (Å²) in [6.07, 6.45) is 2.75. The number of hydrogen-bond donors (Lipinski definition) is 1. The van der Waals surface area contributed by atoms with E-state index in [0.717, 1.165) is 33.1 Å². The summed E-state index contributed by atoms with van der Waals surface area (Å²) >= 11 is 3.46. The van der Waals surface area contributed by atoms with Crippen LogP contribution in [0.3, 0.4) is 0 Å². The molecule has 0 saturated carbocycles. The summed E-state index contributed by atoms with van der Waals surface area (Å²) in [6, 6.07) is 22.2.